The molecule has 11 aromatic carbocycles. The van der Waals surface area contributed by atoms with Crippen LogP contribution >= 0.6 is 0 Å². The summed E-state index contributed by atoms with van der Waals surface area (Å²) in [6.45, 7) is 0. The minimum absolute atomic E-state index is 0.231. The van der Waals surface area contributed by atoms with Crippen LogP contribution in [0.2, 0.25) is 0 Å². The Morgan fingerprint density at radius 2 is 0.727 bits per heavy atom. The van der Waals surface area contributed by atoms with Crippen molar-refractivity contribution in [3.05, 3.63) is 271 Å². The molecule has 0 aliphatic heterocycles. The van der Waals surface area contributed by atoms with Gasteiger partial charge >= 0.3 is 0 Å². The number of rotatable bonds is 8. The third kappa shape index (κ3) is 7.35. The van der Waals surface area contributed by atoms with E-state index in [1.54, 1.807) is 0 Å². The lowest BCUT2D eigenvalue weighted by Gasteiger charge is -2.28. The smallest absolute Gasteiger partial charge is 0.0468 e. The van der Waals surface area contributed by atoms with Crippen LogP contribution in [0.4, 0.5) is 17.1 Å². The molecule has 0 aromatic heterocycles. The van der Waals surface area contributed by atoms with Crippen LogP contribution in [-0.4, -0.2) is 0 Å². The van der Waals surface area contributed by atoms with Gasteiger partial charge in [-0.3, -0.25) is 0 Å². The van der Waals surface area contributed by atoms with Crippen molar-refractivity contribution in [1.82, 2.24) is 0 Å². The van der Waals surface area contributed by atoms with Crippen molar-refractivity contribution in [2.24, 2.45) is 0 Å². The molecule has 1 heteroatoms. The maximum Gasteiger partial charge on any atom is 0.0468 e. The lowest BCUT2D eigenvalue weighted by Crippen LogP contribution is -2.10. The normalized spacial score (nSPS) is 13.2. The maximum absolute atomic E-state index is 2.43. The van der Waals surface area contributed by atoms with Crippen LogP contribution < -0.4 is 4.90 Å². The minimum atomic E-state index is 0.231. The molecule has 0 bridgehead atoms. The van der Waals surface area contributed by atoms with E-state index in [1.807, 2.05) is 0 Å². The summed E-state index contributed by atoms with van der Waals surface area (Å²) in [7, 11) is 0. The molecule has 1 aliphatic rings. The van der Waals surface area contributed by atoms with E-state index < -0.39 is 0 Å². The van der Waals surface area contributed by atoms with Crippen molar-refractivity contribution in [3.8, 4) is 55.6 Å². The molecular formula is C65H47N. The first-order valence-electron chi connectivity index (χ1n) is 23.2. The molecule has 1 nitrogen and oxygen atoms in total. The van der Waals surface area contributed by atoms with E-state index in [2.05, 4.69) is 260 Å². The fourth-order valence-corrected chi connectivity index (χ4v) is 10.4. The highest BCUT2D eigenvalue weighted by Crippen LogP contribution is 2.47. The van der Waals surface area contributed by atoms with E-state index in [0.717, 1.165) is 29.9 Å². The van der Waals surface area contributed by atoms with Crippen molar-refractivity contribution in [2.75, 3.05) is 4.90 Å². The molecule has 1 unspecified atom stereocenters. The highest BCUT2D eigenvalue weighted by atomic mass is 15.1. The van der Waals surface area contributed by atoms with Gasteiger partial charge in [-0.15, -0.1) is 0 Å². The summed E-state index contributed by atoms with van der Waals surface area (Å²) >= 11 is 0. The predicted molar refractivity (Wildman–Crippen MR) is 280 cm³/mol. The SMILES string of the molecule is c1ccc(-c2ccc(N(c3ccc(-c4ccc5ccccc5c4)cc3)c3ccc(-c4ccccc4C4CCc5ccccc5-c5ccccc54)c(-c4ccc5ccccc5c4)c3)cc2)cc1. The van der Waals surface area contributed by atoms with Crippen LogP contribution in [0.25, 0.3) is 77.2 Å². The van der Waals surface area contributed by atoms with Crippen LogP contribution in [0, 0.1) is 0 Å². The topological polar surface area (TPSA) is 3.24 Å². The fourth-order valence-electron chi connectivity index (χ4n) is 10.4. The molecule has 0 saturated heterocycles. The molecule has 12 rings (SSSR count). The summed E-state index contributed by atoms with van der Waals surface area (Å²) in [4.78, 5) is 2.41. The second kappa shape index (κ2) is 17.0. The van der Waals surface area contributed by atoms with Gasteiger partial charge in [0.25, 0.3) is 0 Å². The Hall–Kier alpha value is -8.26. The van der Waals surface area contributed by atoms with Crippen molar-refractivity contribution < 1.29 is 0 Å². The third-order valence-electron chi connectivity index (χ3n) is 13.7. The molecule has 0 spiro atoms. The summed E-state index contributed by atoms with van der Waals surface area (Å²) in [5.41, 5.74) is 19.9. The van der Waals surface area contributed by atoms with Crippen molar-refractivity contribution in [3.63, 3.8) is 0 Å². The number of nitrogens with zero attached hydrogens (tertiary/aromatic N) is 1. The molecular weight excluding hydrogens is 795 g/mol. The van der Waals surface area contributed by atoms with Gasteiger partial charge in [-0.1, -0.05) is 206 Å². The van der Waals surface area contributed by atoms with Gasteiger partial charge in [0, 0.05) is 23.0 Å². The standard InChI is InChI=1S/C65H47N/c1-2-14-45(15-3-1)48-30-35-55(36-31-48)66(56-37-32-49(33-38-56)53-28-26-46-16-4-6-19-51(46)42-53)57-39-41-64(65(44-57)54-29-27-47-17-5-7-20-52(47)43-54)62-25-13-12-24-61(62)63-40-34-50-18-8-9-21-58(50)59-22-10-11-23-60(59)63/h1-33,35-39,41-44,63H,34,40H2. The average Bonchev–Trinajstić information content (AvgIpc) is 3.56. The Kier molecular flexibility index (Phi) is 10.2. The fraction of sp³-hybridized carbons (Fsp3) is 0.0462. The monoisotopic (exact) mass is 841 g/mol. The van der Waals surface area contributed by atoms with Crippen LogP contribution in [0.5, 0.6) is 0 Å². The third-order valence-corrected chi connectivity index (χ3v) is 13.7. The molecule has 0 fully saturated rings. The number of hydrogen-bond acceptors (Lipinski definition) is 1. The van der Waals surface area contributed by atoms with E-state index in [9.17, 15) is 0 Å². The molecule has 0 heterocycles. The molecule has 312 valence electrons. The summed E-state index contributed by atoms with van der Waals surface area (Å²) < 4.78 is 0. The molecule has 0 radical (unpaired) electrons. The van der Waals surface area contributed by atoms with Crippen LogP contribution in [0.3, 0.4) is 0 Å². The summed E-state index contributed by atoms with van der Waals surface area (Å²) in [6.07, 6.45) is 2.06. The Bertz CT molecular complexity index is 3530. The zero-order valence-electron chi connectivity index (χ0n) is 36.7. The lowest BCUT2D eigenvalue weighted by atomic mass is 9.80. The Balaban J connectivity index is 1.02. The molecule has 0 amide bonds. The largest absolute Gasteiger partial charge is 0.310 e. The molecule has 0 saturated carbocycles. The van der Waals surface area contributed by atoms with E-state index in [4.69, 9.17) is 0 Å². The number of hydrogen-bond donors (Lipinski definition) is 0. The Labute approximate surface area is 387 Å². The summed E-state index contributed by atoms with van der Waals surface area (Å²) in [5, 5.41) is 4.96. The Morgan fingerprint density at radius 3 is 1.38 bits per heavy atom. The highest BCUT2D eigenvalue weighted by molar-refractivity contribution is 5.95. The van der Waals surface area contributed by atoms with Gasteiger partial charge in [-0.2, -0.15) is 0 Å². The molecule has 0 N–H and O–H groups in total. The van der Waals surface area contributed by atoms with E-state index in [0.29, 0.717) is 0 Å². The molecule has 11 aromatic rings. The van der Waals surface area contributed by atoms with Gasteiger partial charge in [-0.05, 0) is 155 Å². The first-order chi connectivity index (χ1) is 32.7. The zero-order valence-corrected chi connectivity index (χ0v) is 36.7. The Morgan fingerprint density at radius 1 is 0.273 bits per heavy atom. The van der Waals surface area contributed by atoms with Crippen LogP contribution in [0.15, 0.2) is 255 Å². The molecule has 1 aliphatic carbocycles. The molecule has 66 heavy (non-hydrogen) atoms. The predicted octanol–water partition coefficient (Wildman–Crippen LogP) is 17.9. The molecule has 1 atom stereocenters. The highest BCUT2D eigenvalue weighted by Gasteiger charge is 2.27. The summed E-state index contributed by atoms with van der Waals surface area (Å²) in [6, 6.07) is 94.1. The second-order valence-corrected chi connectivity index (χ2v) is 17.6. The van der Waals surface area contributed by atoms with Gasteiger partial charge in [-0.25, -0.2) is 0 Å². The van der Waals surface area contributed by atoms with Crippen molar-refractivity contribution >= 4 is 38.6 Å². The minimum Gasteiger partial charge on any atom is -0.310 e. The summed E-state index contributed by atoms with van der Waals surface area (Å²) in [5.74, 6) is 0.231. The van der Waals surface area contributed by atoms with E-state index in [1.165, 1.54) is 93.9 Å². The number of fused-ring (bicyclic) bond motifs is 5. The second-order valence-electron chi connectivity index (χ2n) is 17.6. The van der Waals surface area contributed by atoms with Crippen molar-refractivity contribution in [2.45, 2.75) is 18.8 Å². The average molecular weight is 842 g/mol. The number of benzene rings is 11. The van der Waals surface area contributed by atoms with Gasteiger partial charge in [0.2, 0.25) is 0 Å². The maximum atomic E-state index is 2.43. The first-order valence-corrected chi connectivity index (χ1v) is 23.2. The van der Waals surface area contributed by atoms with Gasteiger partial charge in [0.05, 0.1) is 0 Å². The first kappa shape index (κ1) is 39.3. The van der Waals surface area contributed by atoms with Gasteiger partial charge < -0.3 is 4.90 Å². The number of aryl methyl sites for hydroxylation is 1. The lowest BCUT2D eigenvalue weighted by molar-refractivity contribution is 0.727. The van der Waals surface area contributed by atoms with Crippen LogP contribution in [-0.2, 0) is 6.42 Å². The zero-order chi connectivity index (χ0) is 43.8. The quantitative estimate of drug-likeness (QED) is 0.147. The van der Waals surface area contributed by atoms with Gasteiger partial charge in [0.15, 0.2) is 0 Å². The van der Waals surface area contributed by atoms with E-state index >= 15 is 0 Å². The van der Waals surface area contributed by atoms with Gasteiger partial charge in [0.1, 0.15) is 0 Å². The van der Waals surface area contributed by atoms with Crippen LogP contribution in [0.1, 0.15) is 29.0 Å². The number of anilines is 3. The van der Waals surface area contributed by atoms with E-state index in [-0.39, 0.29) is 5.92 Å². The van der Waals surface area contributed by atoms with Crippen molar-refractivity contribution in [1.29, 1.82) is 0 Å².